The lowest BCUT2D eigenvalue weighted by Gasteiger charge is -2.21. The molecule has 0 aliphatic heterocycles. The van der Waals surface area contributed by atoms with Gasteiger partial charge in [0, 0.05) is 42.0 Å². The number of aromatic nitrogens is 2. The first-order valence-electron chi connectivity index (χ1n) is 7.26. The number of benzene rings is 1. The van der Waals surface area contributed by atoms with Crippen molar-refractivity contribution in [3.8, 4) is 5.75 Å². The number of rotatable bonds is 7. The minimum atomic E-state index is 0.148. The normalized spacial score (nSPS) is 12.4. The molecule has 0 saturated carbocycles. The average Bonchev–Trinajstić information content (AvgIpc) is 2.94. The second kappa shape index (κ2) is 7.48. The molecule has 2 aromatic rings. The summed E-state index contributed by atoms with van der Waals surface area (Å²) in [7, 11) is 1.67. The fraction of sp³-hybridized carbons (Fsp3) is 0.438. The molecule has 0 saturated heterocycles. The zero-order valence-electron chi connectivity index (χ0n) is 12.8. The van der Waals surface area contributed by atoms with Crippen LogP contribution in [-0.4, -0.2) is 23.2 Å². The molecule has 1 atom stereocenters. The van der Waals surface area contributed by atoms with Gasteiger partial charge in [-0.3, -0.25) is 0 Å². The van der Waals surface area contributed by atoms with E-state index >= 15 is 0 Å². The highest BCUT2D eigenvalue weighted by molar-refractivity contribution is 6.30. The van der Waals surface area contributed by atoms with E-state index < -0.39 is 0 Å². The zero-order chi connectivity index (χ0) is 15.2. The van der Waals surface area contributed by atoms with Crippen LogP contribution in [0.15, 0.2) is 30.6 Å². The molecule has 2 rings (SSSR count). The third-order valence-corrected chi connectivity index (χ3v) is 3.79. The van der Waals surface area contributed by atoms with Crippen molar-refractivity contribution in [2.75, 3.05) is 13.7 Å². The molecule has 1 N–H and O–H groups in total. The smallest absolute Gasteiger partial charge is 0.125 e. The summed E-state index contributed by atoms with van der Waals surface area (Å²) >= 11 is 6.05. The van der Waals surface area contributed by atoms with Crippen molar-refractivity contribution >= 4 is 11.6 Å². The summed E-state index contributed by atoms with van der Waals surface area (Å²) in [6, 6.07) is 5.92. The minimum Gasteiger partial charge on any atom is -0.496 e. The SMILES string of the molecule is CCNC(Cc1nccn1CC)c1ccc(Cl)cc1OC. The van der Waals surface area contributed by atoms with Gasteiger partial charge in [-0.15, -0.1) is 0 Å². The fourth-order valence-corrected chi connectivity index (χ4v) is 2.67. The highest BCUT2D eigenvalue weighted by Gasteiger charge is 2.18. The number of nitrogens with zero attached hydrogens (tertiary/aromatic N) is 2. The molecule has 0 aliphatic carbocycles. The van der Waals surface area contributed by atoms with E-state index in [1.807, 2.05) is 30.6 Å². The first kappa shape index (κ1) is 15.9. The van der Waals surface area contributed by atoms with Gasteiger partial charge in [0.15, 0.2) is 0 Å². The fourth-order valence-electron chi connectivity index (χ4n) is 2.51. The Bertz CT molecular complexity index is 583. The maximum atomic E-state index is 6.05. The summed E-state index contributed by atoms with van der Waals surface area (Å²) in [5.74, 6) is 1.88. The van der Waals surface area contributed by atoms with Gasteiger partial charge in [-0.25, -0.2) is 4.98 Å². The van der Waals surface area contributed by atoms with E-state index in [-0.39, 0.29) is 6.04 Å². The summed E-state index contributed by atoms with van der Waals surface area (Å²) < 4.78 is 7.64. The van der Waals surface area contributed by atoms with Gasteiger partial charge in [0.25, 0.3) is 0 Å². The number of nitrogens with one attached hydrogen (secondary N) is 1. The molecular formula is C16H22ClN3O. The molecular weight excluding hydrogens is 286 g/mol. The third kappa shape index (κ3) is 3.77. The van der Waals surface area contributed by atoms with E-state index in [0.29, 0.717) is 5.02 Å². The average molecular weight is 308 g/mol. The van der Waals surface area contributed by atoms with Gasteiger partial charge < -0.3 is 14.6 Å². The Morgan fingerprint density at radius 1 is 1.38 bits per heavy atom. The molecule has 5 heteroatoms. The number of hydrogen-bond acceptors (Lipinski definition) is 3. The molecule has 114 valence electrons. The van der Waals surface area contributed by atoms with Gasteiger partial charge in [-0.05, 0) is 25.6 Å². The monoisotopic (exact) mass is 307 g/mol. The summed E-state index contributed by atoms with van der Waals surface area (Å²) in [5, 5.41) is 4.19. The van der Waals surface area contributed by atoms with Crippen LogP contribution in [0.2, 0.25) is 5.02 Å². The molecule has 1 unspecified atom stereocenters. The Morgan fingerprint density at radius 2 is 2.19 bits per heavy atom. The third-order valence-electron chi connectivity index (χ3n) is 3.55. The number of aryl methyl sites for hydroxylation is 1. The summed E-state index contributed by atoms with van der Waals surface area (Å²) in [6.07, 6.45) is 4.67. The summed E-state index contributed by atoms with van der Waals surface area (Å²) in [5.41, 5.74) is 1.11. The Kier molecular flexibility index (Phi) is 5.65. The summed E-state index contributed by atoms with van der Waals surface area (Å²) in [4.78, 5) is 4.46. The first-order chi connectivity index (χ1) is 10.2. The second-order valence-electron chi connectivity index (χ2n) is 4.83. The predicted molar refractivity (Wildman–Crippen MR) is 86.0 cm³/mol. The minimum absolute atomic E-state index is 0.148. The van der Waals surface area contributed by atoms with Crippen LogP contribution in [0.25, 0.3) is 0 Å². The van der Waals surface area contributed by atoms with Crippen molar-refractivity contribution in [1.29, 1.82) is 0 Å². The van der Waals surface area contributed by atoms with Crippen LogP contribution in [0.5, 0.6) is 5.75 Å². The lowest BCUT2D eigenvalue weighted by Crippen LogP contribution is -2.24. The molecule has 1 aromatic carbocycles. The van der Waals surface area contributed by atoms with E-state index in [9.17, 15) is 0 Å². The molecule has 1 aromatic heterocycles. The van der Waals surface area contributed by atoms with Gasteiger partial charge in [0.1, 0.15) is 11.6 Å². The summed E-state index contributed by atoms with van der Waals surface area (Å²) in [6.45, 7) is 6.02. The predicted octanol–water partition coefficient (Wildman–Crippen LogP) is 3.46. The van der Waals surface area contributed by atoms with Crippen LogP contribution in [-0.2, 0) is 13.0 Å². The number of likely N-dealkylation sites (N-methyl/N-ethyl adjacent to an activating group) is 1. The Balaban J connectivity index is 2.30. The number of methoxy groups -OCH3 is 1. The van der Waals surface area contributed by atoms with Gasteiger partial charge in [0.2, 0.25) is 0 Å². The van der Waals surface area contributed by atoms with E-state index in [2.05, 4.69) is 28.7 Å². The molecule has 0 radical (unpaired) electrons. The van der Waals surface area contributed by atoms with Gasteiger partial charge in [0.05, 0.1) is 7.11 Å². The zero-order valence-corrected chi connectivity index (χ0v) is 13.5. The lowest BCUT2D eigenvalue weighted by atomic mass is 10.0. The van der Waals surface area contributed by atoms with E-state index in [1.54, 1.807) is 7.11 Å². The molecule has 0 spiro atoms. The Labute approximate surface area is 131 Å². The van der Waals surface area contributed by atoms with Crippen molar-refractivity contribution in [3.05, 3.63) is 47.0 Å². The molecule has 0 bridgehead atoms. The van der Waals surface area contributed by atoms with Gasteiger partial charge in [-0.1, -0.05) is 24.6 Å². The van der Waals surface area contributed by atoms with Gasteiger partial charge >= 0.3 is 0 Å². The van der Waals surface area contributed by atoms with Crippen LogP contribution in [0.1, 0.15) is 31.3 Å². The van der Waals surface area contributed by atoms with E-state index in [4.69, 9.17) is 16.3 Å². The molecule has 0 aliphatic rings. The molecule has 0 amide bonds. The van der Waals surface area contributed by atoms with Crippen LogP contribution in [0, 0.1) is 0 Å². The van der Waals surface area contributed by atoms with Crippen LogP contribution in [0.4, 0.5) is 0 Å². The second-order valence-corrected chi connectivity index (χ2v) is 5.27. The maximum Gasteiger partial charge on any atom is 0.125 e. The number of hydrogen-bond donors (Lipinski definition) is 1. The lowest BCUT2D eigenvalue weighted by molar-refractivity contribution is 0.397. The van der Waals surface area contributed by atoms with Crippen molar-refractivity contribution in [2.24, 2.45) is 0 Å². The standard InChI is InChI=1S/C16H22ClN3O/c1-4-18-14(11-16-19-8-9-20(16)5-2)13-7-6-12(17)10-15(13)21-3/h6-10,14,18H,4-5,11H2,1-3H3. The maximum absolute atomic E-state index is 6.05. The number of ether oxygens (including phenoxy) is 1. The van der Waals surface area contributed by atoms with Crippen LogP contribution < -0.4 is 10.1 Å². The molecule has 4 nitrogen and oxygen atoms in total. The Morgan fingerprint density at radius 3 is 2.86 bits per heavy atom. The van der Waals surface area contributed by atoms with Crippen molar-refractivity contribution in [2.45, 2.75) is 32.9 Å². The molecule has 0 fully saturated rings. The highest BCUT2D eigenvalue weighted by Crippen LogP contribution is 2.30. The van der Waals surface area contributed by atoms with E-state index in [0.717, 1.165) is 36.6 Å². The van der Waals surface area contributed by atoms with Crippen LogP contribution >= 0.6 is 11.6 Å². The highest BCUT2D eigenvalue weighted by atomic mass is 35.5. The van der Waals surface area contributed by atoms with Gasteiger partial charge in [-0.2, -0.15) is 0 Å². The van der Waals surface area contributed by atoms with Crippen LogP contribution in [0.3, 0.4) is 0 Å². The number of halogens is 1. The molecule has 1 heterocycles. The Hall–Kier alpha value is -1.52. The quantitative estimate of drug-likeness (QED) is 0.851. The van der Waals surface area contributed by atoms with Crippen molar-refractivity contribution in [1.82, 2.24) is 14.9 Å². The number of imidazole rings is 1. The topological polar surface area (TPSA) is 39.1 Å². The molecule has 21 heavy (non-hydrogen) atoms. The van der Waals surface area contributed by atoms with E-state index in [1.165, 1.54) is 0 Å². The van der Waals surface area contributed by atoms with Crippen molar-refractivity contribution < 1.29 is 4.74 Å². The largest absolute Gasteiger partial charge is 0.496 e. The van der Waals surface area contributed by atoms with Crippen molar-refractivity contribution in [3.63, 3.8) is 0 Å². The first-order valence-corrected chi connectivity index (χ1v) is 7.64.